The standard InChI is InChI=1S/C21H27N5/c1-24(2)19-5-7-20(8-6-19)25-14-10-18(11-15-25)22-16-17-4-3-13-26-21(17)9-12-23-26/h3-9,12-13,18,22H,10-11,14-16H2,1-2H3. The summed E-state index contributed by atoms with van der Waals surface area (Å²) in [5, 5.41) is 8.06. The summed E-state index contributed by atoms with van der Waals surface area (Å²) in [6, 6.07) is 15.8. The molecule has 3 aromatic rings. The zero-order valence-electron chi connectivity index (χ0n) is 15.6. The first-order valence-electron chi connectivity index (χ1n) is 9.38. The van der Waals surface area contributed by atoms with Crippen LogP contribution in [0.2, 0.25) is 0 Å². The predicted octanol–water partition coefficient (Wildman–Crippen LogP) is 3.16. The number of rotatable bonds is 5. The smallest absolute Gasteiger partial charge is 0.0706 e. The van der Waals surface area contributed by atoms with E-state index in [0.29, 0.717) is 6.04 Å². The van der Waals surface area contributed by atoms with Crippen molar-refractivity contribution in [3.8, 4) is 0 Å². The summed E-state index contributed by atoms with van der Waals surface area (Å²) in [5.74, 6) is 0. The molecule has 136 valence electrons. The Labute approximate surface area is 155 Å². The highest BCUT2D eigenvalue weighted by Crippen LogP contribution is 2.23. The lowest BCUT2D eigenvalue weighted by molar-refractivity contribution is 0.414. The van der Waals surface area contributed by atoms with Crippen LogP contribution in [0.15, 0.2) is 54.9 Å². The molecule has 0 amide bonds. The van der Waals surface area contributed by atoms with Crippen molar-refractivity contribution in [2.45, 2.75) is 25.4 Å². The number of anilines is 2. The number of pyridine rings is 1. The lowest BCUT2D eigenvalue weighted by atomic mass is 10.0. The Balaban J connectivity index is 1.31. The minimum atomic E-state index is 0.579. The van der Waals surface area contributed by atoms with E-state index in [1.165, 1.54) is 35.3 Å². The van der Waals surface area contributed by atoms with Gasteiger partial charge >= 0.3 is 0 Å². The molecule has 3 heterocycles. The van der Waals surface area contributed by atoms with Crippen molar-refractivity contribution in [2.24, 2.45) is 0 Å². The van der Waals surface area contributed by atoms with E-state index in [4.69, 9.17) is 0 Å². The van der Waals surface area contributed by atoms with Gasteiger partial charge in [0.25, 0.3) is 0 Å². The Kier molecular flexibility index (Phi) is 4.80. The van der Waals surface area contributed by atoms with E-state index >= 15 is 0 Å². The fraction of sp³-hybridized carbons (Fsp3) is 0.381. The van der Waals surface area contributed by atoms with E-state index < -0.39 is 0 Å². The van der Waals surface area contributed by atoms with Crippen molar-refractivity contribution in [3.05, 3.63) is 60.4 Å². The van der Waals surface area contributed by atoms with Crippen LogP contribution in [0.25, 0.3) is 5.52 Å². The van der Waals surface area contributed by atoms with Crippen molar-refractivity contribution in [1.29, 1.82) is 0 Å². The zero-order valence-corrected chi connectivity index (χ0v) is 15.6. The quantitative estimate of drug-likeness (QED) is 0.768. The summed E-state index contributed by atoms with van der Waals surface area (Å²) >= 11 is 0. The molecule has 26 heavy (non-hydrogen) atoms. The van der Waals surface area contributed by atoms with Gasteiger partial charge in [-0.25, -0.2) is 4.52 Å². The van der Waals surface area contributed by atoms with Crippen molar-refractivity contribution in [1.82, 2.24) is 14.9 Å². The maximum absolute atomic E-state index is 4.31. The second-order valence-electron chi connectivity index (χ2n) is 7.25. The third-order valence-corrected chi connectivity index (χ3v) is 5.33. The third kappa shape index (κ3) is 3.53. The van der Waals surface area contributed by atoms with Crippen LogP contribution in [0, 0.1) is 0 Å². The normalized spacial score (nSPS) is 15.5. The Morgan fingerprint density at radius 3 is 2.58 bits per heavy atom. The van der Waals surface area contributed by atoms with Gasteiger partial charge in [0, 0.05) is 63.5 Å². The lowest BCUT2D eigenvalue weighted by Crippen LogP contribution is -2.42. The SMILES string of the molecule is CN(C)c1ccc(N2CCC(NCc3cccn4nccc34)CC2)cc1. The highest BCUT2D eigenvalue weighted by molar-refractivity contribution is 5.56. The first-order valence-corrected chi connectivity index (χ1v) is 9.38. The van der Waals surface area contributed by atoms with Crippen molar-refractivity contribution >= 4 is 16.9 Å². The number of hydrogen-bond donors (Lipinski definition) is 1. The topological polar surface area (TPSA) is 35.8 Å². The maximum Gasteiger partial charge on any atom is 0.0706 e. The Bertz CT molecular complexity index is 844. The highest BCUT2D eigenvalue weighted by atomic mass is 15.2. The summed E-state index contributed by atoms with van der Waals surface area (Å²) in [4.78, 5) is 4.64. The van der Waals surface area contributed by atoms with Crippen molar-refractivity contribution in [2.75, 3.05) is 37.0 Å². The maximum atomic E-state index is 4.31. The van der Waals surface area contributed by atoms with Gasteiger partial charge in [-0.15, -0.1) is 0 Å². The lowest BCUT2D eigenvalue weighted by Gasteiger charge is -2.34. The highest BCUT2D eigenvalue weighted by Gasteiger charge is 2.19. The first-order chi connectivity index (χ1) is 12.7. The summed E-state index contributed by atoms with van der Waals surface area (Å²) in [7, 11) is 4.16. The molecule has 2 aromatic heterocycles. The van der Waals surface area contributed by atoms with Gasteiger partial charge in [0.2, 0.25) is 0 Å². The van der Waals surface area contributed by atoms with Crippen LogP contribution in [-0.2, 0) is 6.54 Å². The van der Waals surface area contributed by atoms with E-state index in [1.807, 2.05) is 16.9 Å². The number of piperidine rings is 1. The Hall–Kier alpha value is -2.53. The number of aromatic nitrogens is 2. The fourth-order valence-corrected chi connectivity index (χ4v) is 3.72. The number of hydrogen-bond acceptors (Lipinski definition) is 4. The molecule has 5 heteroatoms. The molecular weight excluding hydrogens is 322 g/mol. The monoisotopic (exact) mass is 349 g/mol. The number of benzene rings is 1. The van der Waals surface area contributed by atoms with Crippen LogP contribution in [0.1, 0.15) is 18.4 Å². The van der Waals surface area contributed by atoms with Gasteiger partial charge in [-0.1, -0.05) is 6.07 Å². The molecule has 4 rings (SSSR count). The predicted molar refractivity (Wildman–Crippen MR) is 108 cm³/mol. The van der Waals surface area contributed by atoms with E-state index in [0.717, 1.165) is 19.6 Å². The van der Waals surface area contributed by atoms with Crippen LogP contribution in [0.3, 0.4) is 0 Å². The molecule has 0 saturated carbocycles. The molecule has 1 aliphatic rings. The van der Waals surface area contributed by atoms with E-state index in [9.17, 15) is 0 Å². The molecule has 1 aromatic carbocycles. The van der Waals surface area contributed by atoms with Crippen LogP contribution >= 0.6 is 0 Å². The van der Waals surface area contributed by atoms with Gasteiger partial charge in [0.15, 0.2) is 0 Å². The second kappa shape index (κ2) is 7.38. The number of nitrogens with one attached hydrogen (secondary N) is 1. The van der Waals surface area contributed by atoms with Crippen molar-refractivity contribution in [3.63, 3.8) is 0 Å². The van der Waals surface area contributed by atoms with Crippen LogP contribution in [0.4, 0.5) is 11.4 Å². The summed E-state index contributed by atoms with van der Waals surface area (Å²) < 4.78 is 1.94. The molecule has 0 unspecified atom stereocenters. The van der Waals surface area contributed by atoms with E-state index in [2.05, 4.69) is 76.8 Å². The molecule has 0 aliphatic carbocycles. The average Bonchev–Trinajstić information content (AvgIpc) is 3.16. The molecule has 0 bridgehead atoms. The summed E-state index contributed by atoms with van der Waals surface area (Å²) in [6.45, 7) is 3.12. The molecule has 1 aliphatic heterocycles. The number of fused-ring (bicyclic) bond motifs is 1. The molecule has 0 spiro atoms. The van der Waals surface area contributed by atoms with E-state index in [-0.39, 0.29) is 0 Å². The molecular formula is C21H27N5. The fourth-order valence-electron chi connectivity index (χ4n) is 3.72. The van der Waals surface area contributed by atoms with Crippen molar-refractivity contribution < 1.29 is 0 Å². The van der Waals surface area contributed by atoms with Gasteiger partial charge in [-0.05, 0) is 54.8 Å². The van der Waals surface area contributed by atoms with Gasteiger partial charge < -0.3 is 15.1 Å². The molecule has 1 N–H and O–H groups in total. The molecule has 0 radical (unpaired) electrons. The molecule has 1 saturated heterocycles. The van der Waals surface area contributed by atoms with E-state index in [1.54, 1.807) is 0 Å². The summed E-state index contributed by atoms with van der Waals surface area (Å²) in [6.07, 6.45) is 6.22. The second-order valence-corrected chi connectivity index (χ2v) is 7.25. The first kappa shape index (κ1) is 16.9. The van der Waals surface area contributed by atoms with Crippen LogP contribution in [-0.4, -0.2) is 42.8 Å². The Morgan fingerprint density at radius 2 is 1.85 bits per heavy atom. The Morgan fingerprint density at radius 1 is 1.08 bits per heavy atom. The minimum Gasteiger partial charge on any atom is -0.378 e. The molecule has 5 nitrogen and oxygen atoms in total. The summed E-state index contributed by atoms with van der Waals surface area (Å²) in [5.41, 5.74) is 5.09. The average molecular weight is 349 g/mol. The third-order valence-electron chi connectivity index (χ3n) is 5.33. The number of nitrogens with zero attached hydrogens (tertiary/aromatic N) is 4. The van der Waals surface area contributed by atoms with Gasteiger partial charge in [0.1, 0.15) is 0 Å². The van der Waals surface area contributed by atoms with Gasteiger partial charge in [-0.2, -0.15) is 5.10 Å². The minimum absolute atomic E-state index is 0.579. The molecule has 0 atom stereocenters. The van der Waals surface area contributed by atoms with Crippen LogP contribution in [0.5, 0.6) is 0 Å². The largest absolute Gasteiger partial charge is 0.378 e. The van der Waals surface area contributed by atoms with Gasteiger partial charge in [0.05, 0.1) is 5.52 Å². The van der Waals surface area contributed by atoms with Gasteiger partial charge in [-0.3, -0.25) is 0 Å². The zero-order chi connectivity index (χ0) is 17.9. The van der Waals surface area contributed by atoms with Crippen LogP contribution < -0.4 is 15.1 Å². The molecule has 1 fully saturated rings.